The van der Waals surface area contributed by atoms with E-state index in [0.29, 0.717) is 12.2 Å². The van der Waals surface area contributed by atoms with Crippen molar-refractivity contribution in [2.75, 3.05) is 26.3 Å². The molecule has 135 valence electrons. The monoisotopic (exact) mass is 324 g/mol. The smallest absolute Gasteiger partial charge is 0.0597 e. The molecule has 0 aromatic rings. The fourth-order valence-corrected chi connectivity index (χ4v) is 3.74. The molecule has 2 aliphatic carbocycles. The number of unbranched alkanes of at least 4 members (excludes halogenated alkanes) is 1. The average Bonchev–Trinajstić information content (AvgIpc) is 2.61. The molecule has 2 fully saturated rings. The van der Waals surface area contributed by atoms with Crippen LogP contribution in [-0.4, -0.2) is 43.4 Å². The molecule has 0 amide bonds. The summed E-state index contributed by atoms with van der Waals surface area (Å²) >= 11 is 0. The van der Waals surface area contributed by atoms with Gasteiger partial charge in [-0.3, -0.25) is 4.90 Å². The van der Waals surface area contributed by atoms with Crippen LogP contribution in [0.2, 0.25) is 0 Å². The Balaban J connectivity index is 1.57. The summed E-state index contributed by atoms with van der Waals surface area (Å²) in [6.07, 6.45) is 16.7. The van der Waals surface area contributed by atoms with Gasteiger partial charge in [-0.1, -0.05) is 51.9 Å². The van der Waals surface area contributed by atoms with Crippen molar-refractivity contribution >= 4 is 0 Å². The van der Waals surface area contributed by atoms with Gasteiger partial charge in [0.2, 0.25) is 0 Å². The van der Waals surface area contributed by atoms with Crippen LogP contribution in [0.25, 0.3) is 0 Å². The van der Waals surface area contributed by atoms with Crippen molar-refractivity contribution in [3.8, 4) is 0 Å². The second-order valence-electron chi connectivity index (χ2n) is 7.27. The van der Waals surface area contributed by atoms with Gasteiger partial charge in [0.05, 0.1) is 25.4 Å². The largest absolute Gasteiger partial charge is 0.377 e. The molecule has 0 aromatic heterocycles. The maximum atomic E-state index is 6.09. The molecule has 23 heavy (non-hydrogen) atoms. The first-order valence-electron chi connectivity index (χ1n) is 10.2. The zero-order valence-electron chi connectivity index (χ0n) is 15.3. The SMILES string of the molecule is CCC[CH]N(CCOC1CCCCC1)CCOC1CCCCC1. The first kappa shape index (κ1) is 19.2. The molecule has 3 heteroatoms. The summed E-state index contributed by atoms with van der Waals surface area (Å²) in [5, 5.41) is 0. The van der Waals surface area contributed by atoms with E-state index in [1.54, 1.807) is 0 Å². The molecule has 0 bridgehead atoms. The van der Waals surface area contributed by atoms with E-state index < -0.39 is 0 Å². The van der Waals surface area contributed by atoms with Crippen molar-refractivity contribution in [1.29, 1.82) is 0 Å². The Labute approximate surface area is 144 Å². The molecule has 3 nitrogen and oxygen atoms in total. The molecule has 0 aromatic carbocycles. The Morgan fingerprint density at radius 3 is 1.70 bits per heavy atom. The first-order chi connectivity index (χ1) is 11.4. The third kappa shape index (κ3) is 8.51. The maximum absolute atomic E-state index is 6.09. The van der Waals surface area contributed by atoms with Gasteiger partial charge in [0.15, 0.2) is 0 Å². The summed E-state index contributed by atoms with van der Waals surface area (Å²) in [4.78, 5) is 2.43. The van der Waals surface area contributed by atoms with Gasteiger partial charge in [0.25, 0.3) is 0 Å². The van der Waals surface area contributed by atoms with E-state index in [-0.39, 0.29) is 0 Å². The Hall–Kier alpha value is -0.120. The van der Waals surface area contributed by atoms with E-state index in [9.17, 15) is 0 Å². The van der Waals surface area contributed by atoms with Gasteiger partial charge in [-0.25, -0.2) is 0 Å². The van der Waals surface area contributed by atoms with Crippen molar-refractivity contribution in [2.45, 2.75) is 96.2 Å². The van der Waals surface area contributed by atoms with Crippen molar-refractivity contribution in [3.05, 3.63) is 6.54 Å². The van der Waals surface area contributed by atoms with Gasteiger partial charge in [-0.05, 0) is 32.1 Å². The normalized spacial score (nSPS) is 21.1. The molecule has 2 aliphatic rings. The molecule has 0 heterocycles. The van der Waals surface area contributed by atoms with Gasteiger partial charge in [-0.15, -0.1) is 0 Å². The van der Waals surface area contributed by atoms with Crippen LogP contribution in [0, 0.1) is 6.54 Å². The van der Waals surface area contributed by atoms with E-state index in [1.807, 2.05) is 0 Å². The zero-order chi connectivity index (χ0) is 16.2. The fraction of sp³-hybridized carbons (Fsp3) is 0.950. The van der Waals surface area contributed by atoms with E-state index in [1.165, 1.54) is 70.6 Å². The minimum atomic E-state index is 0.523. The Kier molecular flexibility index (Phi) is 10.2. The van der Waals surface area contributed by atoms with Crippen molar-refractivity contribution in [1.82, 2.24) is 4.90 Å². The van der Waals surface area contributed by atoms with E-state index in [0.717, 1.165) is 32.7 Å². The second-order valence-corrected chi connectivity index (χ2v) is 7.27. The maximum Gasteiger partial charge on any atom is 0.0597 e. The van der Waals surface area contributed by atoms with Crippen LogP contribution >= 0.6 is 0 Å². The lowest BCUT2D eigenvalue weighted by atomic mass is 9.98. The van der Waals surface area contributed by atoms with Crippen LogP contribution < -0.4 is 0 Å². The minimum absolute atomic E-state index is 0.523. The highest BCUT2D eigenvalue weighted by atomic mass is 16.5. The van der Waals surface area contributed by atoms with Crippen LogP contribution in [0.4, 0.5) is 0 Å². The standard InChI is InChI=1S/C20H38NO2/c1-2-3-14-21(15-17-22-19-10-6-4-7-11-19)16-18-23-20-12-8-5-9-13-20/h14,19-20H,2-13,15-18H2,1H3. The van der Waals surface area contributed by atoms with Crippen molar-refractivity contribution in [3.63, 3.8) is 0 Å². The first-order valence-corrected chi connectivity index (χ1v) is 10.2. The molecule has 2 rings (SSSR count). The van der Waals surface area contributed by atoms with Crippen LogP contribution in [0.1, 0.15) is 84.0 Å². The van der Waals surface area contributed by atoms with Crippen molar-refractivity contribution < 1.29 is 9.47 Å². The summed E-state index contributed by atoms with van der Waals surface area (Å²) in [6.45, 7) is 8.37. The van der Waals surface area contributed by atoms with E-state index >= 15 is 0 Å². The molecular formula is C20H38NO2. The number of hydrogen-bond acceptors (Lipinski definition) is 3. The van der Waals surface area contributed by atoms with Crippen LogP contribution in [0.3, 0.4) is 0 Å². The van der Waals surface area contributed by atoms with Crippen LogP contribution in [-0.2, 0) is 9.47 Å². The minimum Gasteiger partial charge on any atom is -0.377 e. The average molecular weight is 325 g/mol. The van der Waals surface area contributed by atoms with Gasteiger partial charge in [0, 0.05) is 19.6 Å². The lowest BCUT2D eigenvalue weighted by Crippen LogP contribution is -2.32. The quantitative estimate of drug-likeness (QED) is 0.537. The molecule has 0 saturated heterocycles. The third-order valence-corrected chi connectivity index (χ3v) is 5.24. The summed E-state index contributed by atoms with van der Waals surface area (Å²) in [5.41, 5.74) is 0. The molecule has 0 spiro atoms. The van der Waals surface area contributed by atoms with Crippen LogP contribution in [0.15, 0.2) is 0 Å². The molecular weight excluding hydrogens is 286 g/mol. The number of rotatable bonds is 11. The molecule has 0 aliphatic heterocycles. The summed E-state index contributed by atoms with van der Waals surface area (Å²) in [6, 6.07) is 0. The van der Waals surface area contributed by atoms with Gasteiger partial charge in [0.1, 0.15) is 0 Å². The molecule has 0 unspecified atom stereocenters. The zero-order valence-corrected chi connectivity index (χ0v) is 15.3. The van der Waals surface area contributed by atoms with Gasteiger partial charge >= 0.3 is 0 Å². The molecule has 2 saturated carbocycles. The number of nitrogens with zero attached hydrogens (tertiary/aromatic N) is 1. The third-order valence-electron chi connectivity index (χ3n) is 5.24. The van der Waals surface area contributed by atoms with Crippen molar-refractivity contribution in [2.24, 2.45) is 0 Å². The number of ether oxygens (including phenoxy) is 2. The topological polar surface area (TPSA) is 21.7 Å². The molecule has 1 radical (unpaired) electrons. The second kappa shape index (κ2) is 12.3. The summed E-state index contributed by atoms with van der Waals surface area (Å²) in [7, 11) is 0. The highest BCUT2D eigenvalue weighted by Crippen LogP contribution is 2.21. The van der Waals surface area contributed by atoms with Crippen LogP contribution in [0.5, 0.6) is 0 Å². The Morgan fingerprint density at radius 2 is 1.26 bits per heavy atom. The number of hydrogen-bond donors (Lipinski definition) is 0. The lowest BCUT2D eigenvalue weighted by Gasteiger charge is -2.27. The Bertz CT molecular complexity index is 249. The Morgan fingerprint density at radius 1 is 0.783 bits per heavy atom. The highest BCUT2D eigenvalue weighted by molar-refractivity contribution is 4.71. The predicted octanol–water partition coefficient (Wildman–Crippen LogP) is 4.95. The molecule has 0 N–H and O–H groups in total. The fourth-order valence-electron chi connectivity index (χ4n) is 3.74. The van der Waals surface area contributed by atoms with E-state index in [4.69, 9.17) is 9.47 Å². The lowest BCUT2D eigenvalue weighted by molar-refractivity contribution is 0.00181. The highest BCUT2D eigenvalue weighted by Gasteiger charge is 2.16. The van der Waals surface area contributed by atoms with Gasteiger partial charge in [-0.2, -0.15) is 0 Å². The summed E-state index contributed by atoms with van der Waals surface area (Å²) < 4.78 is 12.2. The molecule has 0 atom stereocenters. The van der Waals surface area contributed by atoms with Gasteiger partial charge < -0.3 is 9.47 Å². The van der Waals surface area contributed by atoms with E-state index in [2.05, 4.69) is 18.4 Å². The summed E-state index contributed by atoms with van der Waals surface area (Å²) in [5.74, 6) is 0. The predicted molar refractivity (Wildman–Crippen MR) is 96.4 cm³/mol.